The van der Waals surface area contributed by atoms with E-state index in [-0.39, 0.29) is 11.8 Å². The van der Waals surface area contributed by atoms with Crippen LogP contribution in [0.25, 0.3) is 0 Å². The molecule has 30 heavy (non-hydrogen) atoms. The van der Waals surface area contributed by atoms with Crippen LogP contribution >= 0.6 is 0 Å². The molecule has 3 aromatic rings. The zero-order chi connectivity index (χ0) is 20.8. The fraction of sp³-hybridized carbons (Fsp3) is 0.208. The van der Waals surface area contributed by atoms with Crippen molar-refractivity contribution in [1.82, 2.24) is 4.98 Å². The number of para-hydroxylation sites is 2. The standard InChI is InChI=1S/C24H21N3O3/c1-15-7-6-8-16(2)20(15)26-23(28)19-21(17-11-13-25-14-12-17)27(30-22(19)24(26)29)18-9-4-3-5-10-18/h3-14,19,21-22H,1-2H3/t19-,21+,22+/m1/s1. The maximum atomic E-state index is 13.6. The smallest absolute Gasteiger partial charge is 0.266 e. The normalized spacial score (nSPS) is 23.2. The minimum atomic E-state index is -0.866. The van der Waals surface area contributed by atoms with Gasteiger partial charge in [-0.3, -0.25) is 19.4 Å². The molecule has 2 aliphatic heterocycles. The molecule has 6 heteroatoms. The number of nitrogens with zero attached hydrogens (tertiary/aromatic N) is 3. The average Bonchev–Trinajstić information content (AvgIpc) is 3.27. The van der Waals surface area contributed by atoms with Crippen LogP contribution < -0.4 is 9.96 Å². The summed E-state index contributed by atoms with van der Waals surface area (Å²) in [5.41, 5.74) is 4.11. The zero-order valence-electron chi connectivity index (χ0n) is 16.7. The molecule has 0 aliphatic carbocycles. The van der Waals surface area contributed by atoms with Gasteiger partial charge in [-0.05, 0) is 54.8 Å². The van der Waals surface area contributed by atoms with Crippen molar-refractivity contribution in [2.75, 3.05) is 9.96 Å². The monoisotopic (exact) mass is 399 g/mol. The van der Waals surface area contributed by atoms with Gasteiger partial charge in [0.2, 0.25) is 5.91 Å². The lowest BCUT2D eigenvalue weighted by Crippen LogP contribution is -2.38. The number of fused-ring (bicyclic) bond motifs is 1. The molecule has 2 amide bonds. The van der Waals surface area contributed by atoms with Crippen LogP contribution in [0.2, 0.25) is 0 Å². The van der Waals surface area contributed by atoms with Crippen LogP contribution in [0.5, 0.6) is 0 Å². The highest BCUT2D eigenvalue weighted by molar-refractivity contribution is 6.24. The minimum absolute atomic E-state index is 0.234. The Bertz CT molecular complexity index is 1100. The first-order valence-corrected chi connectivity index (χ1v) is 9.93. The number of carbonyl (C=O) groups excluding carboxylic acids is 2. The lowest BCUT2D eigenvalue weighted by Gasteiger charge is -2.29. The van der Waals surface area contributed by atoms with Crippen LogP contribution in [-0.4, -0.2) is 22.9 Å². The molecule has 1 aromatic heterocycles. The number of hydroxylamine groups is 1. The van der Waals surface area contributed by atoms with E-state index < -0.39 is 18.1 Å². The van der Waals surface area contributed by atoms with Crippen molar-refractivity contribution in [1.29, 1.82) is 0 Å². The summed E-state index contributed by atoms with van der Waals surface area (Å²) in [6.45, 7) is 3.82. The number of aryl methyl sites for hydroxylation is 2. The van der Waals surface area contributed by atoms with Crippen LogP contribution in [0.4, 0.5) is 11.4 Å². The van der Waals surface area contributed by atoms with Crippen molar-refractivity contribution >= 4 is 23.2 Å². The second-order valence-electron chi connectivity index (χ2n) is 7.69. The van der Waals surface area contributed by atoms with Gasteiger partial charge in [0.1, 0.15) is 5.92 Å². The summed E-state index contributed by atoms with van der Waals surface area (Å²) < 4.78 is 0. The molecule has 2 saturated heterocycles. The number of hydrogen-bond acceptors (Lipinski definition) is 5. The zero-order valence-corrected chi connectivity index (χ0v) is 16.7. The highest BCUT2D eigenvalue weighted by Crippen LogP contribution is 2.48. The van der Waals surface area contributed by atoms with Crippen LogP contribution in [-0.2, 0) is 14.4 Å². The Hall–Kier alpha value is -3.51. The predicted octanol–water partition coefficient (Wildman–Crippen LogP) is 3.75. The van der Waals surface area contributed by atoms with Crippen molar-refractivity contribution in [3.63, 3.8) is 0 Å². The topological polar surface area (TPSA) is 62.7 Å². The molecule has 0 N–H and O–H groups in total. The number of benzene rings is 2. The van der Waals surface area contributed by atoms with E-state index in [1.165, 1.54) is 4.90 Å². The van der Waals surface area contributed by atoms with Gasteiger partial charge in [0.25, 0.3) is 5.91 Å². The number of aromatic nitrogens is 1. The fourth-order valence-electron chi connectivity index (χ4n) is 4.49. The van der Waals surface area contributed by atoms with E-state index in [0.717, 1.165) is 22.4 Å². The molecule has 2 aliphatic rings. The third-order valence-corrected chi connectivity index (χ3v) is 5.84. The Morgan fingerprint density at radius 2 is 1.50 bits per heavy atom. The quantitative estimate of drug-likeness (QED) is 0.628. The number of imide groups is 1. The summed E-state index contributed by atoms with van der Waals surface area (Å²) in [4.78, 5) is 38.6. The molecule has 2 fully saturated rings. The average molecular weight is 399 g/mol. The largest absolute Gasteiger partial charge is 0.273 e. The van der Waals surface area contributed by atoms with Gasteiger partial charge in [-0.25, -0.2) is 9.96 Å². The maximum absolute atomic E-state index is 13.6. The first kappa shape index (κ1) is 18.5. The van der Waals surface area contributed by atoms with E-state index in [4.69, 9.17) is 4.84 Å². The van der Waals surface area contributed by atoms with Crippen LogP contribution in [0, 0.1) is 19.8 Å². The van der Waals surface area contributed by atoms with Gasteiger partial charge in [0, 0.05) is 12.4 Å². The number of pyridine rings is 1. The van der Waals surface area contributed by atoms with Gasteiger partial charge < -0.3 is 0 Å². The predicted molar refractivity (Wildman–Crippen MR) is 113 cm³/mol. The van der Waals surface area contributed by atoms with Crippen LogP contribution in [0.15, 0.2) is 73.1 Å². The molecule has 0 unspecified atom stereocenters. The molecular formula is C24H21N3O3. The summed E-state index contributed by atoms with van der Waals surface area (Å²) in [6, 6.07) is 18.6. The maximum Gasteiger partial charge on any atom is 0.266 e. The van der Waals surface area contributed by atoms with Crippen molar-refractivity contribution < 1.29 is 14.4 Å². The van der Waals surface area contributed by atoms with Crippen LogP contribution in [0.1, 0.15) is 22.7 Å². The Morgan fingerprint density at radius 3 is 2.17 bits per heavy atom. The van der Waals surface area contributed by atoms with E-state index in [2.05, 4.69) is 4.98 Å². The van der Waals surface area contributed by atoms with E-state index in [9.17, 15) is 9.59 Å². The molecule has 0 saturated carbocycles. The SMILES string of the molecule is Cc1cccc(C)c1N1C(=O)[C@H]2[C@H](ON(c3ccccc3)[C@H]2c2ccncc2)C1=O. The second-order valence-corrected chi connectivity index (χ2v) is 7.69. The van der Waals surface area contributed by atoms with Crippen molar-refractivity contribution in [3.05, 3.63) is 89.7 Å². The Morgan fingerprint density at radius 1 is 0.833 bits per heavy atom. The molecule has 0 spiro atoms. The number of rotatable bonds is 3. The van der Waals surface area contributed by atoms with E-state index >= 15 is 0 Å². The lowest BCUT2D eigenvalue weighted by atomic mass is 9.91. The van der Waals surface area contributed by atoms with Gasteiger partial charge in [0.15, 0.2) is 6.10 Å². The van der Waals surface area contributed by atoms with Crippen molar-refractivity contribution in [2.24, 2.45) is 5.92 Å². The lowest BCUT2D eigenvalue weighted by molar-refractivity contribution is -0.126. The molecule has 0 radical (unpaired) electrons. The summed E-state index contributed by atoms with van der Waals surface area (Å²) in [7, 11) is 0. The number of hydrogen-bond donors (Lipinski definition) is 0. The van der Waals surface area contributed by atoms with Gasteiger partial charge in [-0.15, -0.1) is 0 Å². The summed E-state index contributed by atoms with van der Waals surface area (Å²) >= 11 is 0. The minimum Gasteiger partial charge on any atom is -0.273 e. The summed E-state index contributed by atoms with van der Waals surface area (Å²) in [5, 5.41) is 1.70. The third kappa shape index (κ3) is 2.72. The molecule has 3 atom stereocenters. The molecule has 150 valence electrons. The number of carbonyl (C=O) groups is 2. The van der Waals surface area contributed by atoms with Crippen molar-refractivity contribution in [3.8, 4) is 0 Å². The highest BCUT2D eigenvalue weighted by Gasteiger charge is 2.60. The first-order chi connectivity index (χ1) is 14.6. The van der Waals surface area contributed by atoms with Crippen molar-refractivity contribution in [2.45, 2.75) is 26.0 Å². The van der Waals surface area contributed by atoms with E-state index in [0.29, 0.717) is 5.69 Å². The summed E-state index contributed by atoms with van der Waals surface area (Å²) in [6.07, 6.45) is 2.52. The Labute approximate surface area is 174 Å². The number of anilines is 2. The third-order valence-electron chi connectivity index (χ3n) is 5.84. The highest BCUT2D eigenvalue weighted by atomic mass is 16.7. The summed E-state index contributed by atoms with van der Waals surface area (Å²) in [5.74, 6) is -1.19. The molecule has 0 bridgehead atoms. The van der Waals surface area contributed by atoms with E-state index in [1.807, 2.05) is 74.5 Å². The number of amides is 2. The van der Waals surface area contributed by atoms with Gasteiger partial charge >= 0.3 is 0 Å². The molecule has 2 aromatic carbocycles. The molecule has 3 heterocycles. The first-order valence-electron chi connectivity index (χ1n) is 9.93. The second kappa shape index (κ2) is 7.07. The van der Waals surface area contributed by atoms with Crippen LogP contribution in [0.3, 0.4) is 0 Å². The van der Waals surface area contributed by atoms with Gasteiger partial charge in [0.05, 0.1) is 17.4 Å². The fourth-order valence-corrected chi connectivity index (χ4v) is 4.49. The molecule has 5 rings (SSSR count). The Kier molecular flexibility index (Phi) is 4.37. The molecule has 6 nitrogen and oxygen atoms in total. The van der Waals surface area contributed by atoms with Gasteiger partial charge in [-0.1, -0.05) is 36.4 Å². The van der Waals surface area contributed by atoms with E-state index in [1.54, 1.807) is 17.5 Å². The van der Waals surface area contributed by atoms with Gasteiger partial charge in [-0.2, -0.15) is 0 Å². The Balaban J connectivity index is 1.61. The molecular weight excluding hydrogens is 378 g/mol.